The van der Waals surface area contributed by atoms with Gasteiger partial charge >= 0.3 is 0 Å². The van der Waals surface area contributed by atoms with Crippen molar-refractivity contribution in [2.75, 3.05) is 6.73 Å². The summed E-state index contributed by atoms with van der Waals surface area (Å²) in [6.07, 6.45) is 0. The van der Waals surface area contributed by atoms with Crippen LogP contribution < -0.4 is 5.32 Å². The second-order valence-corrected chi connectivity index (χ2v) is 6.68. The standard InChI is InChI=1S/C5H4Cl6N2O2/c6-4(7,8)2(12)15-1-13-3(14)5(9,10)11/h12H,1H2,(H,13,14). The highest BCUT2D eigenvalue weighted by molar-refractivity contribution is 6.76. The fourth-order valence-electron chi connectivity index (χ4n) is 0.356. The van der Waals surface area contributed by atoms with E-state index in [0.717, 1.165) is 0 Å². The van der Waals surface area contributed by atoms with Crippen molar-refractivity contribution in [3.63, 3.8) is 0 Å². The first-order valence-corrected chi connectivity index (χ1v) is 5.45. The van der Waals surface area contributed by atoms with Crippen LogP contribution >= 0.6 is 69.6 Å². The second-order valence-electron chi connectivity index (χ2n) is 2.12. The first-order chi connectivity index (χ1) is 6.55. The quantitative estimate of drug-likeness (QED) is 0.352. The van der Waals surface area contributed by atoms with E-state index in [4.69, 9.17) is 75.0 Å². The van der Waals surface area contributed by atoms with E-state index < -0.39 is 26.1 Å². The Kier molecular flexibility index (Phi) is 6.11. The highest BCUT2D eigenvalue weighted by Crippen LogP contribution is 2.28. The number of amides is 1. The van der Waals surface area contributed by atoms with E-state index in [2.05, 4.69) is 10.1 Å². The molecule has 15 heavy (non-hydrogen) atoms. The Hall–Kier alpha value is 0.680. The fourth-order valence-corrected chi connectivity index (χ4v) is 0.720. The number of alkyl halides is 6. The summed E-state index contributed by atoms with van der Waals surface area (Å²) in [5.74, 6) is -1.57. The number of hydrogen-bond acceptors (Lipinski definition) is 3. The van der Waals surface area contributed by atoms with E-state index in [9.17, 15) is 4.79 Å². The number of rotatable bonds is 2. The molecule has 0 bridgehead atoms. The van der Waals surface area contributed by atoms with Crippen LogP contribution in [-0.4, -0.2) is 26.1 Å². The van der Waals surface area contributed by atoms with Gasteiger partial charge in [0.15, 0.2) is 6.73 Å². The molecule has 4 nitrogen and oxygen atoms in total. The van der Waals surface area contributed by atoms with Gasteiger partial charge in [-0.15, -0.1) is 0 Å². The molecule has 0 aliphatic carbocycles. The van der Waals surface area contributed by atoms with Crippen molar-refractivity contribution in [1.82, 2.24) is 5.32 Å². The highest BCUT2D eigenvalue weighted by Gasteiger charge is 2.32. The number of ether oxygens (including phenoxy) is 1. The fraction of sp³-hybridized carbons (Fsp3) is 0.600. The lowest BCUT2D eigenvalue weighted by Crippen LogP contribution is -2.37. The summed E-state index contributed by atoms with van der Waals surface area (Å²) < 4.78 is 0.451. The SMILES string of the molecule is N=C(OCNC(=O)C(Cl)(Cl)Cl)C(Cl)(Cl)Cl. The largest absolute Gasteiger partial charge is 0.457 e. The Labute approximate surface area is 116 Å². The molecule has 0 spiro atoms. The van der Waals surface area contributed by atoms with E-state index in [1.165, 1.54) is 0 Å². The Morgan fingerprint density at radius 2 is 1.60 bits per heavy atom. The Bertz CT molecular complexity index is 231. The lowest BCUT2D eigenvalue weighted by Gasteiger charge is -2.15. The molecule has 0 aromatic heterocycles. The van der Waals surface area contributed by atoms with Gasteiger partial charge in [-0.3, -0.25) is 10.2 Å². The van der Waals surface area contributed by atoms with Gasteiger partial charge in [-0.2, -0.15) is 0 Å². The molecular weight excluding hydrogens is 333 g/mol. The minimum Gasteiger partial charge on any atom is -0.457 e. The summed E-state index contributed by atoms with van der Waals surface area (Å²) in [5, 5.41) is 9.12. The first-order valence-electron chi connectivity index (χ1n) is 3.18. The maximum Gasteiger partial charge on any atom is 0.274 e. The average molecular weight is 337 g/mol. The molecule has 88 valence electrons. The van der Waals surface area contributed by atoms with Crippen LogP contribution in [0.3, 0.4) is 0 Å². The topological polar surface area (TPSA) is 62.2 Å². The van der Waals surface area contributed by atoms with E-state index in [0.29, 0.717) is 0 Å². The molecule has 0 saturated heterocycles. The van der Waals surface area contributed by atoms with Crippen LogP contribution in [0.5, 0.6) is 0 Å². The van der Waals surface area contributed by atoms with Gasteiger partial charge in [0.25, 0.3) is 13.5 Å². The maximum atomic E-state index is 10.9. The molecule has 0 aromatic carbocycles. The molecule has 0 aliphatic heterocycles. The minimum atomic E-state index is -2.11. The molecule has 0 heterocycles. The third kappa shape index (κ3) is 6.76. The van der Waals surface area contributed by atoms with E-state index in [-0.39, 0.29) is 0 Å². The van der Waals surface area contributed by atoms with Crippen LogP contribution in [0.2, 0.25) is 0 Å². The number of nitrogens with one attached hydrogen (secondary N) is 2. The van der Waals surface area contributed by atoms with Gasteiger partial charge in [0, 0.05) is 0 Å². The van der Waals surface area contributed by atoms with Crippen molar-refractivity contribution >= 4 is 81.4 Å². The zero-order valence-electron chi connectivity index (χ0n) is 6.79. The minimum absolute atomic E-state index is 0.445. The Morgan fingerprint density at radius 1 is 1.13 bits per heavy atom. The zero-order chi connectivity index (χ0) is 12.3. The van der Waals surface area contributed by atoms with Crippen LogP contribution in [0.1, 0.15) is 0 Å². The smallest absolute Gasteiger partial charge is 0.274 e. The molecule has 0 atom stereocenters. The van der Waals surface area contributed by atoms with Crippen molar-refractivity contribution in [1.29, 1.82) is 5.41 Å². The van der Waals surface area contributed by atoms with Crippen LogP contribution in [0.25, 0.3) is 0 Å². The highest BCUT2D eigenvalue weighted by atomic mass is 35.6. The van der Waals surface area contributed by atoms with Gasteiger partial charge in [0.1, 0.15) is 0 Å². The molecular formula is C5H4Cl6N2O2. The lowest BCUT2D eigenvalue weighted by atomic mass is 10.7. The first kappa shape index (κ1) is 15.7. The van der Waals surface area contributed by atoms with E-state index in [1.54, 1.807) is 0 Å². The summed E-state index contributed by atoms with van der Waals surface area (Å²) in [5.41, 5.74) is 0. The monoisotopic (exact) mass is 334 g/mol. The van der Waals surface area contributed by atoms with Crippen molar-refractivity contribution in [2.24, 2.45) is 0 Å². The molecule has 10 heteroatoms. The van der Waals surface area contributed by atoms with Crippen molar-refractivity contribution in [3.8, 4) is 0 Å². The van der Waals surface area contributed by atoms with E-state index in [1.807, 2.05) is 0 Å². The maximum absolute atomic E-state index is 10.9. The van der Waals surface area contributed by atoms with Crippen molar-refractivity contribution < 1.29 is 9.53 Å². The molecule has 1 amide bonds. The predicted molar refractivity (Wildman–Crippen MR) is 62.4 cm³/mol. The summed E-state index contributed by atoms with van der Waals surface area (Å²) >= 11 is 31.5. The Morgan fingerprint density at radius 3 is 1.93 bits per heavy atom. The van der Waals surface area contributed by atoms with Gasteiger partial charge in [-0.25, -0.2) is 0 Å². The van der Waals surface area contributed by atoms with Crippen LogP contribution in [0.15, 0.2) is 0 Å². The molecule has 0 rings (SSSR count). The molecule has 2 N–H and O–H groups in total. The van der Waals surface area contributed by atoms with E-state index >= 15 is 0 Å². The summed E-state index contributed by atoms with van der Waals surface area (Å²) in [7, 11) is 0. The predicted octanol–water partition coefficient (Wildman–Crippen LogP) is 2.79. The third-order valence-electron chi connectivity index (χ3n) is 0.964. The van der Waals surface area contributed by atoms with Crippen LogP contribution in [0, 0.1) is 5.41 Å². The second kappa shape index (κ2) is 5.84. The normalized spacial score (nSPS) is 12.1. The molecule has 0 saturated carbocycles. The number of hydrogen-bond donors (Lipinski definition) is 2. The van der Waals surface area contributed by atoms with Crippen LogP contribution in [-0.2, 0) is 9.53 Å². The van der Waals surface area contributed by atoms with Gasteiger partial charge in [-0.05, 0) is 0 Å². The van der Waals surface area contributed by atoms with Gasteiger partial charge in [0.05, 0.1) is 0 Å². The number of carbonyl (C=O) groups excluding carboxylic acids is 1. The summed E-state index contributed by atoms with van der Waals surface area (Å²) in [6, 6.07) is 0. The molecule has 0 radical (unpaired) electrons. The molecule has 0 aliphatic rings. The van der Waals surface area contributed by atoms with Gasteiger partial charge < -0.3 is 10.1 Å². The van der Waals surface area contributed by atoms with Crippen molar-refractivity contribution in [3.05, 3.63) is 0 Å². The van der Waals surface area contributed by atoms with Crippen molar-refractivity contribution in [2.45, 2.75) is 7.59 Å². The molecule has 0 unspecified atom stereocenters. The zero-order valence-corrected chi connectivity index (χ0v) is 11.3. The van der Waals surface area contributed by atoms with Crippen LogP contribution in [0.4, 0.5) is 0 Å². The lowest BCUT2D eigenvalue weighted by molar-refractivity contribution is -0.121. The number of halogens is 6. The summed E-state index contributed by atoms with van der Waals surface area (Å²) in [4.78, 5) is 10.9. The summed E-state index contributed by atoms with van der Waals surface area (Å²) in [6.45, 7) is -0.445. The average Bonchev–Trinajstić information content (AvgIpc) is 2.00. The Balaban J connectivity index is 3.92. The molecule has 0 aromatic rings. The van der Waals surface area contributed by atoms with Gasteiger partial charge in [0.2, 0.25) is 5.90 Å². The van der Waals surface area contributed by atoms with Gasteiger partial charge in [-0.1, -0.05) is 69.6 Å². The number of carbonyl (C=O) groups is 1. The third-order valence-corrected chi connectivity index (χ3v) is 1.99. The molecule has 0 fully saturated rings.